The molecule has 7 nitrogen and oxygen atoms in total. The number of carbonyl (C=O) groups excluding carboxylic acids is 2. The van der Waals surface area contributed by atoms with E-state index in [0.717, 1.165) is 21.7 Å². The first kappa shape index (κ1) is 29.8. The van der Waals surface area contributed by atoms with Crippen molar-refractivity contribution in [3.63, 3.8) is 0 Å². The van der Waals surface area contributed by atoms with Crippen molar-refractivity contribution in [1.82, 2.24) is 10.2 Å². The lowest BCUT2D eigenvalue weighted by Gasteiger charge is -2.35. The summed E-state index contributed by atoms with van der Waals surface area (Å²) in [5.74, 6) is -1.57. The molecule has 0 radical (unpaired) electrons. The molecule has 0 aliphatic heterocycles. The average molecular weight is 554 g/mol. The lowest BCUT2D eigenvalue weighted by molar-refractivity contribution is -0.140. The van der Waals surface area contributed by atoms with E-state index in [0.29, 0.717) is 5.69 Å². The predicted octanol–water partition coefficient (Wildman–Crippen LogP) is 4.45. The number of hydrogen-bond donors (Lipinski definition) is 1. The van der Waals surface area contributed by atoms with Gasteiger partial charge in [0.15, 0.2) is 0 Å². The van der Waals surface area contributed by atoms with Crippen molar-refractivity contribution in [1.29, 1.82) is 0 Å². The Balaban J connectivity index is 2.08. The summed E-state index contributed by atoms with van der Waals surface area (Å²) in [6, 6.07) is 21.0. The fourth-order valence-corrected chi connectivity index (χ4v) is 4.99. The van der Waals surface area contributed by atoms with Crippen LogP contribution in [0.15, 0.2) is 78.9 Å². The van der Waals surface area contributed by atoms with Crippen molar-refractivity contribution < 1.29 is 22.4 Å². The fourth-order valence-electron chi connectivity index (χ4n) is 4.14. The summed E-state index contributed by atoms with van der Waals surface area (Å²) < 4.78 is 41.4. The minimum absolute atomic E-state index is 0.159. The molecule has 2 amide bonds. The Morgan fingerprint density at radius 2 is 1.51 bits per heavy atom. The van der Waals surface area contributed by atoms with E-state index in [4.69, 9.17) is 0 Å². The molecule has 208 valence electrons. The number of aryl methyl sites for hydroxylation is 1. The van der Waals surface area contributed by atoms with E-state index in [9.17, 15) is 22.4 Å². The molecule has 0 bridgehead atoms. The Morgan fingerprint density at radius 3 is 2.08 bits per heavy atom. The van der Waals surface area contributed by atoms with E-state index >= 15 is 0 Å². The molecule has 0 heterocycles. The standard InChI is InChI=1S/C30H36FN3O4S/c1-22-15-17-25(18-16-22)34(39(5,37)38)21-28(35)33(20-24-13-9-10-14-26(24)31)27(29(36)32-30(2,3)4)19-23-11-7-6-8-12-23/h6-18,27H,19-21H2,1-5H3,(H,32,36)/t27-/m1/s1. The Bertz CT molecular complexity index is 1390. The molecule has 0 saturated carbocycles. The molecule has 3 aromatic carbocycles. The van der Waals surface area contributed by atoms with Crippen LogP contribution < -0.4 is 9.62 Å². The van der Waals surface area contributed by atoms with E-state index in [2.05, 4.69) is 5.32 Å². The summed E-state index contributed by atoms with van der Waals surface area (Å²) in [7, 11) is -3.86. The molecular formula is C30H36FN3O4S. The van der Waals surface area contributed by atoms with Crippen LogP contribution >= 0.6 is 0 Å². The maximum absolute atomic E-state index is 14.8. The van der Waals surface area contributed by atoms with Gasteiger partial charge in [0.25, 0.3) is 0 Å². The maximum Gasteiger partial charge on any atom is 0.244 e. The summed E-state index contributed by atoms with van der Waals surface area (Å²) >= 11 is 0. The number of benzene rings is 3. The number of hydrogen-bond acceptors (Lipinski definition) is 4. The highest BCUT2D eigenvalue weighted by Crippen LogP contribution is 2.22. The van der Waals surface area contributed by atoms with E-state index < -0.39 is 45.8 Å². The first-order valence-corrected chi connectivity index (χ1v) is 14.5. The van der Waals surface area contributed by atoms with Gasteiger partial charge in [-0.25, -0.2) is 12.8 Å². The van der Waals surface area contributed by atoms with Crippen LogP contribution in [0.2, 0.25) is 0 Å². The number of rotatable bonds is 10. The topological polar surface area (TPSA) is 86.8 Å². The van der Waals surface area contributed by atoms with Crippen LogP contribution in [0.5, 0.6) is 0 Å². The highest BCUT2D eigenvalue weighted by atomic mass is 32.2. The van der Waals surface area contributed by atoms with Crippen molar-refractivity contribution >= 4 is 27.5 Å². The molecule has 0 spiro atoms. The molecule has 0 saturated heterocycles. The molecule has 0 aromatic heterocycles. The van der Waals surface area contributed by atoms with Crippen LogP contribution in [0.25, 0.3) is 0 Å². The SMILES string of the molecule is Cc1ccc(N(CC(=O)N(Cc2ccccc2F)[C@H](Cc2ccccc2)C(=O)NC(C)(C)C)S(C)(=O)=O)cc1. The first-order chi connectivity index (χ1) is 18.2. The Morgan fingerprint density at radius 1 is 0.923 bits per heavy atom. The van der Waals surface area contributed by atoms with Crippen molar-refractivity contribution in [2.75, 3.05) is 17.1 Å². The first-order valence-electron chi connectivity index (χ1n) is 12.7. The van der Waals surface area contributed by atoms with Crippen LogP contribution in [-0.2, 0) is 32.6 Å². The van der Waals surface area contributed by atoms with Gasteiger partial charge in [0.05, 0.1) is 11.9 Å². The zero-order valence-corrected chi connectivity index (χ0v) is 23.8. The van der Waals surface area contributed by atoms with Gasteiger partial charge in [-0.1, -0.05) is 66.2 Å². The van der Waals surface area contributed by atoms with Crippen LogP contribution in [-0.4, -0.2) is 49.5 Å². The average Bonchev–Trinajstić information content (AvgIpc) is 2.85. The molecule has 1 N–H and O–H groups in total. The number of nitrogens with one attached hydrogen (secondary N) is 1. The number of halogens is 1. The minimum Gasteiger partial charge on any atom is -0.350 e. The second-order valence-corrected chi connectivity index (χ2v) is 12.6. The predicted molar refractivity (Wildman–Crippen MR) is 152 cm³/mol. The highest BCUT2D eigenvalue weighted by molar-refractivity contribution is 7.92. The summed E-state index contributed by atoms with van der Waals surface area (Å²) in [4.78, 5) is 28.9. The zero-order valence-electron chi connectivity index (χ0n) is 23.0. The lowest BCUT2D eigenvalue weighted by Crippen LogP contribution is -2.56. The molecule has 3 aromatic rings. The molecule has 0 unspecified atom stereocenters. The minimum atomic E-state index is -3.86. The third-order valence-corrected chi connectivity index (χ3v) is 7.21. The summed E-state index contributed by atoms with van der Waals surface area (Å²) in [6.45, 7) is 6.59. The molecular weight excluding hydrogens is 517 g/mol. The second kappa shape index (κ2) is 12.4. The number of anilines is 1. The Kier molecular flexibility index (Phi) is 9.50. The smallest absolute Gasteiger partial charge is 0.244 e. The van der Waals surface area contributed by atoms with E-state index in [-0.39, 0.29) is 18.5 Å². The summed E-state index contributed by atoms with van der Waals surface area (Å²) in [5.41, 5.74) is 1.67. The molecule has 0 aliphatic carbocycles. The number of sulfonamides is 1. The van der Waals surface area contributed by atoms with E-state index in [1.165, 1.54) is 11.0 Å². The van der Waals surface area contributed by atoms with Gasteiger partial charge in [0.1, 0.15) is 18.4 Å². The largest absolute Gasteiger partial charge is 0.350 e. The third-order valence-electron chi connectivity index (χ3n) is 6.07. The van der Waals surface area contributed by atoms with E-state index in [1.54, 1.807) is 42.5 Å². The van der Waals surface area contributed by atoms with Gasteiger partial charge in [0, 0.05) is 24.1 Å². The van der Waals surface area contributed by atoms with Crippen molar-refractivity contribution in [2.24, 2.45) is 0 Å². The van der Waals surface area contributed by atoms with Crippen molar-refractivity contribution in [3.05, 3.63) is 101 Å². The second-order valence-electron chi connectivity index (χ2n) is 10.7. The molecule has 39 heavy (non-hydrogen) atoms. The number of amides is 2. The zero-order chi connectivity index (χ0) is 28.8. The van der Waals surface area contributed by atoms with Crippen LogP contribution in [0.3, 0.4) is 0 Å². The van der Waals surface area contributed by atoms with Crippen molar-refractivity contribution in [3.8, 4) is 0 Å². The molecule has 0 fully saturated rings. The van der Waals surface area contributed by atoms with Gasteiger partial charge in [-0.2, -0.15) is 0 Å². The van der Waals surface area contributed by atoms with Crippen LogP contribution in [0.1, 0.15) is 37.5 Å². The van der Waals surface area contributed by atoms with Gasteiger partial charge in [-0.05, 0) is 51.5 Å². The van der Waals surface area contributed by atoms with Gasteiger partial charge in [0.2, 0.25) is 21.8 Å². The molecule has 9 heteroatoms. The molecule has 3 rings (SSSR count). The number of carbonyl (C=O) groups is 2. The normalized spacial score (nSPS) is 12.5. The summed E-state index contributed by atoms with van der Waals surface area (Å²) in [5, 5.41) is 2.94. The van der Waals surface area contributed by atoms with Gasteiger partial charge in [-0.15, -0.1) is 0 Å². The monoisotopic (exact) mass is 553 g/mol. The Hall–Kier alpha value is -3.72. The highest BCUT2D eigenvalue weighted by Gasteiger charge is 2.34. The fraction of sp³-hybridized carbons (Fsp3) is 0.333. The molecule has 1 atom stereocenters. The Labute approximate surface area is 230 Å². The molecule has 0 aliphatic rings. The van der Waals surface area contributed by atoms with Crippen LogP contribution in [0, 0.1) is 12.7 Å². The van der Waals surface area contributed by atoms with Gasteiger partial charge < -0.3 is 10.2 Å². The lowest BCUT2D eigenvalue weighted by atomic mass is 10.0. The maximum atomic E-state index is 14.8. The summed E-state index contributed by atoms with van der Waals surface area (Å²) in [6.07, 6.45) is 1.18. The van der Waals surface area contributed by atoms with Crippen molar-refractivity contribution in [2.45, 2.75) is 52.2 Å². The van der Waals surface area contributed by atoms with Crippen LogP contribution in [0.4, 0.5) is 10.1 Å². The van der Waals surface area contributed by atoms with Gasteiger partial charge in [-0.3, -0.25) is 13.9 Å². The quantitative estimate of drug-likeness (QED) is 0.402. The van der Waals surface area contributed by atoms with Gasteiger partial charge >= 0.3 is 0 Å². The third kappa shape index (κ3) is 8.64. The number of nitrogens with zero attached hydrogens (tertiary/aromatic N) is 2. The van der Waals surface area contributed by atoms with E-state index in [1.807, 2.05) is 58.0 Å².